The van der Waals surface area contributed by atoms with E-state index in [-0.39, 0.29) is 17.4 Å². The zero-order valence-electron chi connectivity index (χ0n) is 10.7. The Morgan fingerprint density at radius 3 is 2.83 bits per heavy atom. The summed E-state index contributed by atoms with van der Waals surface area (Å²) >= 11 is 1.87. The molecule has 18 heavy (non-hydrogen) atoms. The van der Waals surface area contributed by atoms with Gasteiger partial charge in [-0.25, -0.2) is 4.98 Å². The molecule has 0 spiro atoms. The molecular weight excluding hydrogens is 248 g/mol. The molecule has 0 unspecified atom stereocenters. The summed E-state index contributed by atoms with van der Waals surface area (Å²) in [5.74, 6) is 1.27. The largest absolute Gasteiger partial charge is 0.382 e. The molecule has 100 valence electrons. The van der Waals surface area contributed by atoms with Crippen LogP contribution in [0.5, 0.6) is 0 Å². The van der Waals surface area contributed by atoms with E-state index in [1.54, 1.807) is 0 Å². The lowest BCUT2D eigenvalue weighted by Gasteiger charge is -2.04. The first kappa shape index (κ1) is 14.8. The first-order valence-corrected chi connectivity index (χ1v) is 7.48. The highest BCUT2D eigenvalue weighted by Crippen LogP contribution is 2.04. The van der Waals surface area contributed by atoms with Crippen LogP contribution in [-0.4, -0.2) is 34.4 Å². The summed E-state index contributed by atoms with van der Waals surface area (Å²) in [6.07, 6.45) is 9.56. The van der Waals surface area contributed by atoms with Gasteiger partial charge in [-0.1, -0.05) is 12.8 Å². The average Bonchev–Trinajstić information content (AvgIpc) is 2.37. The molecule has 0 aromatic carbocycles. The lowest BCUT2D eigenvalue weighted by molar-refractivity contribution is 0.0947. The molecule has 0 atom stereocenters. The predicted molar refractivity (Wildman–Crippen MR) is 75.6 cm³/mol. The standard InChI is InChI=1S/C12H20N4OS/c1-18-7-5-3-2-4-6-15-12(17)10-8-14-9-11(13)16-10/h8-9H,2-7H2,1H3,(H2,13,16)(H,15,17). The van der Waals surface area contributed by atoms with E-state index in [2.05, 4.69) is 21.5 Å². The highest BCUT2D eigenvalue weighted by atomic mass is 32.2. The van der Waals surface area contributed by atoms with E-state index in [1.165, 1.54) is 31.0 Å². The SMILES string of the molecule is CSCCCCCCNC(=O)c1cncc(N)n1. The van der Waals surface area contributed by atoms with Crippen LogP contribution < -0.4 is 11.1 Å². The molecule has 0 saturated carbocycles. The van der Waals surface area contributed by atoms with Crippen molar-refractivity contribution in [1.82, 2.24) is 15.3 Å². The maximum Gasteiger partial charge on any atom is 0.271 e. The second-order valence-electron chi connectivity index (χ2n) is 3.99. The number of carbonyl (C=O) groups is 1. The maximum atomic E-state index is 11.7. The molecule has 1 aromatic heterocycles. The highest BCUT2D eigenvalue weighted by molar-refractivity contribution is 7.98. The van der Waals surface area contributed by atoms with E-state index in [4.69, 9.17) is 5.73 Å². The van der Waals surface area contributed by atoms with Crippen LogP contribution in [0.15, 0.2) is 12.4 Å². The Labute approximate surface area is 112 Å². The van der Waals surface area contributed by atoms with Crippen molar-refractivity contribution in [3.8, 4) is 0 Å². The van der Waals surface area contributed by atoms with Crippen molar-refractivity contribution >= 4 is 23.5 Å². The second kappa shape index (κ2) is 8.74. The van der Waals surface area contributed by atoms with Crippen LogP contribution in [0.4, 0.5) is 5.82 Å². The third-order valence-corrected chi connectivity index (χ3v) is 3.14. The van der Waals surface area contributed by atoms with E-state index in [1.807, 2.05) is 11.8 Å². The van der Waals surface area contributed by atoms with E-state index in [0.29, 0.717) is 6.54 Å². The van der Waals surface area contributed by atoms with E-state index in [0.717, 1.165) is 12.8 Å². The fourth-order valence-corrected chi connectivity index (χ4v) is 2.00. The summed E-state index contributed by atoms with van der Waals surface area (Å²) in [5, 5.41) is 2.81. The van der Waals surface area contributed by atoms with Gasteiger partial charge in [-0.15, -0.1) is 0 Å². The van der Waals surface area contributed by atoms with E-state index < -0.39 is 0 Å². The minimum atomic E-state index is -0.209. The number of unbranched alkanes of at least 4 members (excludes halogenated alkanes) is 3. The molecule has 1 rings (SSSR count). The van der Waals surface area contributed by atoms with Gasteiger partial charge in [0.2, 0.25) is 0 Å². The Balaban J connectivity index is 2.14. The van der Waals surface area contributed by atoms with Crippen molar-refractivity contribution in [3.05, 3.63) is 18.1 Å². The number of hydrogen-bond donors (Lipinski definition) is 2. The van der Waals surface area contributed by atoms with Gasteiger partial charge in [0.15, 0.2) is 0 Å². The Morgan fingerprint density at radius 2 is 2.11 bits per heavy atom. The number of nitrogens with two attached hydrogens (primary N) is 1. The van der Waals surface area contributed by atoms with Gasteiger partial charge in [-0.05, 0) is 24.9 Å². The highest BCUT2D eigenvalue weighted by Gasteiger charge is 2.06. The summed E-state index contributed by atoms with van der Waals surface area (Å²) in [4.78, 5) is 19.4. The van der Waals surface area contributed by atoms with Gasteiger partial charge < -0.3 is 11.1 Å². The number of carbonyl (C=O) groups excluding carboxylic acids is 1. The van der Waals surface area contributed by atoms with Crippen LogP contribution >= 0.6 is 11.8 Å². The lowest BCUT2D eigenvalue weighted by atomic mass is 10.2. The molecule has 0 radical (unpaired) electrons. The number of anilines is 1. The van der Waals surface area contributed by atoms with Crippen molar-refractivity contribution in [3.63, 3.8) is 0 Å². The van der Waals surface area contributed by atoms with Gasteiger partial charge >= 0.3 is 0 Å². The average molecular weight is 268 g/mol. The number of rotatable bonds is 8. The summed E-state index contributed by atoms with van der Waals surface area (Å²) in [6, 6.07) is 0. The zero-order chi connectivity index (χ0) is 13.2. The van der Waals surface area contributed by atoms with Crippen LogP contribution in [-0.2, 0) is 0 Å². The molecule has 1 aromatic rings. The van der Waals surface area contributed by atoms with Crippen LogP contribution in [0, 0.1) is 0 Å². The minimum Gasteiger partial charge on any atom is -0.382 e. The lowest BCUT2D eigenvalue weighted by Crippen LogP contribution is -2.25. The zero-order valence-corrected chi connectivity index (χ0v) is 11.5. The number of nitrogens with one attached hydrogen (secondary N) is 1. The fourth-order valence-electron chi connectivity index (χ4n) is 1.51. The Kier molecular flexibility index (Phi) is 7.17. The van der Waals surface area contributed by atoms with Crippen molar-refractivity contribution in [2.75, 3.05) is 24.3 Å². The van der Waals surface area contributed by atoms with Gasteiger partial charge in [-0.3, -0.25) is 9.78 Å². The smallest absolute Gasteiger partial charge is 0.271 e. The number of hydrogen-bond acceptors (Lipinski definition) is 5. The summed E-state index contributed by atoms with van der Waals surface area (Å²) < 4.78 is 0. The Morgan fingerprint density at radius 1 is 1.33 bits per heavy atom. The topological polar surface area (TPSA) is 80.9 Å². The van der Waals surface area contributed by atoms with Crippen LogP contribution in [0.1, 0.15) is 36.2 Å². The fraction of sp³-hybridized carbons (Fsp3) is 0.583. The first-order valence-electron chi connectivity index (χ1n) is 6.08. The summed E-state index contributed by atoms with van der Waals surface area (Å²) in [5.41, 5.74) is 5.74. The van der Waals surface area contributed by atoms with Crippen LogP contribution in [0.25, 0.3) is 0 Å². The molecule has 6 heteroatoms. The Hall–Kier alpha value is -1.30. The number of nitrogen functional groups attached to an aromatic ring is 1. The number of amides is 1. The third kappa shape index (κ3) is 5.86. The van der Waals surface area contributed by atoms with Crippen LogP contribution in [0.3, 0.4) is 0 Å². The van der Waals surface area contributed by atoms with Gasteiger partial charge in [0, 0.05) is 6.54 Å². The predicted octanol–water partition coefficient (Wildman–Crippen LogP) is 1.71. The van der Waals surface area contributed by atoms with Gasteiger partial charge in [0.25, 0.3) is 5.91 Å². The molecule has 1 amide bonds. The van der Waals surface area contributed by atoms with Gasteiger partial charge in [-0.2, -0.15) is 11.8 Å². The normalized spacial score (nSPS) is 10.3. The quantitative estimate of drug-likeness (QED) is 0.702. The molecule has 0 aliphatic rings. The molecule has 0 saturated heterocycles. The van der Waals surface area contributed by atoms with Crippen molar-refractivity contribution in [2.24, 2.45) is 0 Å². The van der Waals surface area contributed by atoms with Crippen molar-refractivity contribution in [2.45, 2.75) is 25.7 Å². The van der Waals surface area contributed by atoms with Crippen LogP contribution in [0.2, 0.25) is 0 Å². The molecule has 0 fully saturated rings. The molecule has 1 heterocycles. The maximum absolute atomic E-state index is 11.7. The molecular formula is C12H20N4OS. The van der Waals surface area contributed by atoms with Crippen molar-refractivity contribution < 1.29 is 4.79 Å². The summed E-state index contributed by atoms with van der Waals surface area (Å²) in [7, 11) is 0. The van der Waals surface area contributed by atoms with Gasteiger partial charge in [0.05, 0.1) is 12.4 Å². The monoisotopic (exact) mass is 268 g/mol. The van der Waals surface area contributed by atoms with Gasteiger partial charge in [0.1, 0.15) is 11.5 Å². The van der Waals surface area contributed by atoms with E-state index in [9.17, 15) is 4.79 Å². The third-order valence-electron chi connectivity index (χ3n) is 2.45. The summed E-state index contributed by atoms with van der Waals surface area (Å²) in [6.45, 7) is 0.675. The minimum absolute atomic E-state index is 0.209. The van der Waals surface area contributed by atoms with Crippen molar-refractivity contribution in [1.29, 1.82) is 0 Å². The molecule has 5 nitrogen and oxygen atoms in total. The number of nitrogens with zero attached hydrogens (tertiary/aromatic N) is 2. The molecule has 0 bridgehead atoms. The second-order valence-corrected chi connectivity index (χ2v) is 4.98. The molecule has 0 aliphatic carbocycles. The van der Waals surface area contributed by atoms with E-state index >= 15 is 0 Å². The molecule has 0 aliphatic heterocycles. The Bertz CT molecular complexity index is 373. The molecule has 3 N–H and O–H groups in total. The first-order chi connectivity index (χ1) is 8.74. The number of thioether (sulfide) groups is 1. The number of aromatic nitrogens is 2.